The lowest BCUT2D eigenvalue weighted by Gasteiger charge is -2.20. The summed E-state index contributed by atoms with van der Waals surface area (Å²) in [6.45, 7) is 5.27. The van der Waals surface area contributed by atoms with Crippen LogP contribution in [0.3, 0.4) is 0 Å². The molecule has 3 rings (SSSR count). The summed E-state index contributed by atoms with van der Waals surface area (Å²) in [5.74, 6) is -0.574. The number of ether oxygens (including phenoxy) is 1. The maximum Gasteiger partial charge on any atom is 0.412 e. The summed E-state index contributed by atoms with van der Waals surface area (Å²) in [6, 6.07) is 9.20. The van der Waals surface area contributed by atoms with Gasteiger partial charge >= 0.3 is 6.09 Å². The summed E-state index contributed by atoms with van der Waals surface area (Å²) in [7, 11) is 0. The number of nitriles is 1. The average molecular weight is 353 g/mol. The van der Waals surface area contributed by atoms with E-state index in [2.05, 4.69) is 15.4 Å². The first-order valence-electron chi connectivity index (χ1n) is 7.80. The Bertz CT molecular complexity index is 1030. The van der Waals surface area contributed by atoms with Crippen molar-refractivity contribution in [3.8, 4) is 17.3 Å². The minimum Gasteiger partial charge on any atom is -0.444 e. The van der Waals surface area contributed by atoms with Gasteiger partial charge in [0.05, 0.1) is 17.3 Å². The molecule has 132 valence electrons. The second kappa shape index (κ2) is 6.44. The molecular weight excluding hydrogens is 337 g/mol. The Hall–Kier alpha value is -3.47. The van der Waals surface area contributed by atoms with Gasteiger partial charge in [-0.2, -0.15) is 10.4 Å². The number of hydrogen-bond donors (Lipinski definition) is 1. The number of nitrogens with one attached hydrogen (secondary N) is 1. The van der Waals surface area contributed by atoms with Crippen LogP contribution in [0.1, 0.15) is 26.3 Å². The molecular formula is C18H16FN5O2. The van der Waals surface area contributed by atoms with Crippen molar-refractivity contribution in [2.24, 2.45) is 0 Å². The number of hydrogen-bond acceptors (Lipinski definition) is 5. The van der Waals surface area contributed by atoms with Gasteiger partial charge in [-0.1, -0.05) is 0 Å². The molecule has 26 heavy (non-hydrogen) atoms. The summed E-state index contributed by atoms with van der Waals surface area (Å²) in [6.07, 6.45) is 0.699. The highest BCUT2D eigenvalue weighted by Gasteiger charge is 2.18. The summed E-state index contributed by atoms with van der Waals surface area (Å²) >= 11 is 0. The van der Waals surface area contributed by atoms with Crippen LogP contribution in [-0.4, -0.2) is 26.3 Å². The Labute approximate surface area is 149 Å². The Morgan fingerprint density at radius 3 is 2.73 bits per heavy atom. The van der Waals surface area contributed by atoms with Crippen molar-refractivity contribution >= 4 is 17.4 Å². The third-order valence-corrected chi connectivity index (χ3v) is 3.40. The van der Waals surface area contributed by atoms with Gasteiger partial charge in [0.1, 0.15) is 17.7 Å². The number of carbonyl (C=O) groups is 1. The lowest BCUT2D eigenvalue weighted by atomic mass is 10.1. The molecule has 1 aromatic carbocycles. The fourth-order valence-electron chi connectivity index (χ4n) is 2.40. The monoisotopic (exact) mass is 353 g/mol. The van der Waals surface area contributed by atoms with E-state index in [4.69, 9.17) is 10.00 Å². The molecule has 0 saturated heterocycles. The quantitative estimate of drug-likeness (QED) is 0.757. The van der Waals surface area contributed by atoms with Crippen LogP contribution in [-0.2, 0) is 4.74 Å². The smallest absolute Gasteiger partial charge is 0.412 e. The fraction of sp³-hybridized carbons (Fsp3) is 0.222. The highest BCUT2D eigenvalue weighted by Crippen LogP contribution is 2.27. The number of amides is 1. The molecule has 0 spiro atoms. The molecule has 3 aromatic rings. The molecule has 0 radical (unpaired) electrons. The van der Waals surface area contributed by atoms with E-state index < -0.39 is 17.5 Å². The van der Waals surface area contributed by atoms with Crippen molar-refractivity contribution in [1.29, 1.82) is 5.26 Å². The number of nitrogens with zero attached hydrogens (tertiary/aromatic N) is 4. The van der Waals surface area contributed by atoms with Gasteiger partial charge < -0.3 is 4.74 Å². The predicted octanol–water partition coefficient (Wildman–Crippen LogP) is 3.75. The fourth-order valence-corrected chi connectivity index (χ4v) is 2.40. The van der Waals surface area contributed by atoms with Gasteiger partial charge in [-0.3, -0.25) is 5.32 Å². The van der Waals surface area contributed by atoms with Crippen LogP contribution in [0.15, 0.2) is 36.7 Å². The first kappa shape index (κ1) is 17.4. The zero-order chi connectivity index (χ0) is 18.9. The van der Waals surface area contributed by atoms with Crippen molar-refractivity contribution < 1.29 is 13.9 Å². The van der Waals surface area contributed by atoms with E-state index in [-0.39, 0.29) is 11.1 Å². The van der Waals surface area contributed by atoms with Crippen LogP contribution in [0.4, 0.5) is 14.9 Å². The van der Waals surface area contributed by atoms with Crippen LogP contribution in [0, 0.1) is 17.1 Å². The lowest BCUT2D eigenvalue weighted by molar-refractivity contribution is 0.0636. The molecule has 0 unspecified atom stereocenters. The van der Waals surface area contributed by atoms with E-state index in [0.717, 1.165) is 6.07 Å². The highest BCUT2D eigenvalue weighted by molar-refractivity contribution is 5.87. The zero-order valence-corrected chi connectivity index (χ0v) is 14.4. The lowest BCUT2D eigenvalue weighted by Crippen LogP contribution is -2.27. The Morgan fingerprint density at radius 1 is 1.31 bits per heavy atom. The number of fused-ring (bicyclic) bond motifs is 1. The number of carbonyl (C=O) groups excluding carboxylic acids is 1. The van der Waals surface area contributed by atoms with E-state index in [1.807, 2.05) is 6.07 Å². The number of pyridine rings is 1. The molecule has 7 nitrogen and oxygen atoms in total. The standard InChI is InChI=1S/C18H16FN5O2/c1-18(2,3)26-17(25)23-12-7-15(24-16(8-12)21-10-22-24)13-5-4-11(9-20)6-14(13)19/h4-8,10H,1-3H3,(H,23,25). The molecule has 2 heterocycles. The summed E-state index contributed by atoms with van der Waals surface area (Å²) in [5.41, 5.74) is 0.991. The van der Waals surface area contributed by atoms with Gasteiger partial charge in [0, 0.05) is 17.3 Å². The summed E-state index contributed by atoms with van der Waals surface area (Å²) in [4.78, 5) is 16.1. The predicted molar refractivity (Wildman–Crippen MR) is 93.0 cm³/mol. The minimum absolute atomic E-state index is 0.212. The summed E-state index contributed by atoms with van der Waals surface area (Å²) < 4.78 is 21.1. The van der Waals surface area contributed by atoms with Gasteiger partial charge in [0.2, 0.25) is 0 Å². The number of aromatic nitrogens is 3. The highest BCUT2D eigenvalue weighted by atomic mass is 19.1. The SMILES string of the molecule is CC(C)(C)OC(=O)Nc1cc(-c2ccc(C#N)cc2F)n2ncnc2c1. The molecule has 2 aromatic heterocycles. The van der Waals surface area contributed by atoms with Crippen LogP contribution in [0.25, 0.3) is 16.9 Å². The van der Waals surface area contributed by atoms with E-state index in [1.54, 1.807) is 32.9 Å². The average Bonchev–Trinajstić information content (AvgIpc) is 3.00. The second-order valence-electron chi connectivity index (χ2n) is 6.59. The van der Waals surface area contributed by atoms with Crippen molar-refractivity contribution in [2.75, 3.05) is 5.32 Å². The van der Waals surface area contributed by atoms with Crippen LogP contribution < -0.4 is 5.32 Å². The Balaban J connectivity index is 2.04. The molecule has 8 heteroatoms. The number of benzene rings is 1. The zero-order valence-electron chi connectivity index (χ0n) is 14.4. The van der Waals surface area contributed by atoms with E-state index in [9.17, 15) is 9.18 Å². The first-order chi connectivity index (χ1) is 12.3. The van der Waals surface area contributed by atoms with Crippen molar-refractivity contribution in [3.63, 3.8) is 0 Å². The van der Waals surface area contributed by atoms with Gasteiger partial charge in [0.15, 0.2) is 5.65 Å². The largest absolute Gasteiger partial charge is 0.444 e. The minimum atomic E-state index is -0.648. The van der Waals surface area contributed by atoms with Crippen LogP contribution in [0.2, 0.25) is 0 Å². The molecule has 0 bridgehead atoms. The molecule has 0 atom stereocenters. The third-order valence-electron chi connectivity index (χ3n) is 3.40. The third kappa shape index (κ3) is 3.62. The van der Waals surface area contributed by atoms with Crippen LogP contribution in [0.5, 0.6) is 0 Å². The number of rotatable bonds is 2. The molecule has 0 aliphatic rings. The van der Waals surface area contributed by atoms with Crippen LogP contribution >= 0.6 is 0 Å². The van der Waals surface area contributed by atoms with E-state index in [1.165, 1.54) is 23.0 Å². The van der Waals surface area contributed by atoms with Gasteiger partial charge in [-0.25, -0.2) is 18.7 Å². The van der Waals surface area contributed by atoms with E-state index >= 15 is 0 Å². The second-order valence-corrected chi connectivity index (χ2v) is 6.59. The maximum absolute atomic E-state index is 14.4. The number of anilines is 1. The molecule has 1 amide bonds. The van der Waals surface area contributed by atoms with Gasteiger partial charge in [0.25, 0.3) is 0 Å². The molecule has 0 saturated carbocycles. The van der Waals surface area contributed by atoms with Crippen molar-refractivity contribution in [3.05, 3.63) is 48.0 Å². The molecule has 0 aliphatic heterocycles. The van der Waals surface area contributed by atoms with Gasteiger partial charge in [-0.15, -0.1) is 0 Å². The molecule has 0 aliphatic carbocycles. The van der Waals surface area contributed by atoms with E-state index in [0.29, 0.717) is 17.0 Å². The summed E-state index contributed by atoms with van der Waals surface area (Å²) in [5, 5.41) is 15.6. The topological polar surface area (TPSA) is 92.3 Å². The molecule has 0 fully saturated rings. The Morgan fingerprint density at radius 2 is 2.08 bits per heavy atom. The molecule has 1 N–H and O–H groups in total. The first-order valence-corrected chi connectivity index (χ1v) is 7.80. The normalized spacial score (nSPS) is 11.2. The van der Waals surface area contributed by atoms with Crippen molar-refractivity contribution in [1.82, 2.24) is 14.6 Å². The Kier molecular flexibility index (Phi) is 4.30. The van der Waals surface area contributed by atoms with Crippen molar-refractivity contribution in [2.45, 2.75) is 26.4 Å². The number of halogens is 1. The maximum atomic E-state index is 14.4. The van der Waals surface area contributed by atoms with Gasteiger partial charge in [-0.05, 0) is 45.0 Å².